The van der Waals surface area contributed by atoms with Gasteiger partial charge in [0.2, 0.25) is 0 Å². The molecule has 0 radical (unpaired) electrons. The van der Waals surface area contributed by atoms with Gasteiger partial charge in [-0.25, -0.2) is 4.39 Å². The molecule has 0 aliphatic rings. The summed E-state index contributed by atoms with van der Waals surface area (Å²) in [6.45, 7) is 5.43. The first-order valence-electron chi connectivity index (χ1n) is 4.40. The fraction of sp³-hybridized carbons (Fsp3) is 0.455. The zero-order valence-electron chi connectivity index (χ0n) is 8.82. The maximum absolute atomic E-state index is 13.8. The van der Waals surface area contributed by atoms with Crippen molar-refractivity contribution in [3.8, 4) is 0 Å². The number of aryl methyl sites for hydroxylation is 1. The van der Waals surface area contributed by atoms with Crippen LogP contribution in [-0.4, -0.2) is 7.11 Å². The van der Waals surface area contributed by atoms with Gasteiger partial charge in [0.05, 0.1) is 5.60 Å². The Hall–Kier alpha value is -0.410. The molecule has 0 saturated carbocycles. The fourth-order valence-corrected chi connectivity index (χ4v) is 1.85. The van der Waals surface area contributed by atoms with Crippen molar-refractivity contribution in [2.45, 2.75) is 26.4 Å². The SMILES string of the molecule is COC(C)(C)c1cc(Br)cc(C)c1F. The maximum Gasteiger partial charge on any atom is 0.132 e. The van der Waals surface area contributed by atoms with E-state index in [1.54, 1.807) is 26.2 Å². The number of rotatable bonds is 2. The summed E-state index contributed by atoms with van der Waals surface area (Å²) in [5.41, 5.74) is 0.602. The molecule has 0 saturated heterocycles. The van der Waals surface area contributed by atoms with E-state index in [9.17, 15) is 4.39 Å². The Morgan fingerprint density at radius 1 is 1.36 bits per heavy atom. The lowest BCUT2D eigenvalue weighted by Crippen LogP contribution is -2.21. The molecule has 0 aromatic heterocycles. The summed E-state index contributed by atoms with van der Waals surface area (Å²) in [7, 11) is 1.58. The number of hydrogen-bond donors (Lipinski definition) is 0. The molecule has 0 heterocycles. The molecule has 1 rings (SSSR count). The van der Waals surface area contributed by atoms with Crippen LogP contribution in [-0.2, 0) is 10.3 Å². The van der Waals surface area contributed by atoms with Gasteiger partial charge in [0.15, 0.2) is 0 Å². The minimum Gasteiger partial charge on any atom is -0.374 e. The van der Waals surface area contributed by atoms with E-state index in [4.69, 9.17) is 4.74 Å². The van der Waals surface area contributed by atoms with Gasteiger partial charge in [-0.3, -0.25) is 0 Å². The van der Waals surface area contributed by atoms with Crippen molar-refractivity contribution < 1.29 is 9.13 Å². The lowest BCUT2D eigenvalue weighted by molar-refractivity contribution is 0.0161. The monoisotopic (exact) mass is 260 g/mol. The van der Waals surface area contributed by atoms with E-state index < -0.39 is 5.60 Å². The highest BCUT2D eigenvalue weighted by atomic mass is 79.9. The van der Waals surface area contributed by atoms with Crippen LogP contribution >= 0.6 is 15.9 Å². The van der Waals surface area contributed by atoms with Crippen molar-refractivity contribution in [1.29, 1.82) is 0 Å². The summed E-state index contributed by atoms with van der Waals surface area (Å²) in [6.07, 6.45) is 0. The molecule has 1 aromatic rings. The van der Waals surface area contributed by atoms with Crippen LogP contribution in [0.5, 0.6) is 0 Å². The van der Waals surface area contributed by atoms with Gasteiger partial charge in [0, 0.05) is 17.1 Å². The lowest BCUT2D eigenvalue weighted by atomic mass is 9.96. The van der Waals surface area contributed by atoms with Crippen LogP contribution in [0.1, 0.15) is 25.0 Å². The standard InChI is InChI=1S/C11H14BrFO/c1-7-5-8(12)6-9(10(7)13)11(2,3)14-4/h5-6H,1-4H3. The Kier molecular flexibility index (Phi) is 3.32. The summed E-state index contributed by atoms with van der Waals surface area (Å²) in [5, 5.41) is 0. The van der Waals surface area contributed by atoms with Crippen LogP contribution < -0.4 is 0 Å². The molecule has 0 unspecified atom stereocenters. The molecule has 0 bridgehead atoms. The highest BCUT2D eigenvalue weighted by molar-refractivity contribution is 9.10. The predicted octanol–water partition coefficient (Wildman–Crippen LogP) is 3.78. The molecule has 78 valence electrons. The largest absolute Gasteiger partial charge is 0.374 e. The van der Waals surface area contributed by atoms with Gasteiger partial charge in [-0.05, 0) is 38.5 Å². The summed E-state index contributed by atoms with van der Waals surface area (Å²) in [6, 6.07) is 3.51. The third-order valence-electron chi connectivity index (χ3n) is 2.38. The van der Waals surface area contributed by atoms with E-state index in [-0.39, 0.29) is 5.82 Å². The Bertz CT molecular complexity index is 347. The summed E-state index contributed by atoms with van der Waals surface area (Å²) in [4.78, 5) is 0. The Balaban J connectivity index is 3.34. The van der Waals surface area contributed by atoms with Crippen LogP contribution in [0.3, 0.4) is 0 Å². The molecule has 0 amide bonds. The van der Waals surface area contributed by atoms with Gasteiger partial charge in [-0.15, -0.1) is 0 Å². The third-order valence-corrected chi connectivity index (χ3v) is 2.84. The Morgan fingerprint density at radius 3 is 2.43 bits per heavy atom. The zero-order chi connectivity index (χ0) is 10.9. The van der Waals surface area contributed by atoms with Gasteiger partial charge in [0.25, 0.3) is 0 Å². The zero-order valence-corrected chi connectivity index (χ0v) is 10.4. The number of ether oxygens (including phenoxy) is 1. The molecule has 14 heavy (non-hydrogen) atoms. The molecule has 1 aromatic carbocycles. The molecular formula is C11H14BrFO. The van der Waals surface area contributed by atoms with Crippen LogP contribution in [0.2, 0.25) is 0 Å². The van der Waals surface area contributed by atoms with Crippen LogP contribution in [0, 0.1) is 12.7 Å². The Morgan fingerprint density at radius 2 is 1.93 bits per heavy atom. The van der Waals surface area contributed by atoms with Crippen molar-refractivity contribution in [2.75, 3.05) is 7.11 Å². The van der Waals surface area contributed by atoms with E-state index in [1.807, 2.05) is 13.8 Å². The third kappa shape index (κ3) is 2.15. The average Bonchev–Trinajstić information content (AvgIpc) is 2.11. The normalized spacial score (nSPS) is 11.9. The number of benzene rings is 1. The van der Waals surface area contributed by atoms with Gasteiger partial charge in [0.1, 0.15) is 5.82 Å². The fourth-order valence-electron chi connectivity index (χ4n) is 1.27. The molecule has 0 aliphatic heterocycles. The Labute approximate surface area is 92.4 Å². The lowest BCUT2D eigenvalue weighted by Gasteiger charge is -2.24. The van der Waals surface area contributed by atoms with Crippen LogP contribution in [0.25, 0.3) is 0 Å². The first-order valence-corrected chi connectivity index (χ1v) is 5.19. The number of methoxy groups -OCH3 is 1. The summed E-state index contributed by atoms with van der Waals surface area (Å²) >= 11 is 3.35. The van der Waals surface area contributed by atoms with Gasteiger partial charge in [-0.1, -0.05) is 15.9 Å². The average molecular weight is 261 g/mol. The highest BCUT2D eigenvalue weighted by Crippen LogP contribution is 2.30. The highest BCUT2D eigenvalue weighted by Gasteiger charge is 2.24. The van der Waals surface area contributed by atoms with Gasteiger partial charge in [-0.2, -0.15) is 0 Å². The van der Waals surface area contributed by atoms with E-state index in [0.29, 0.717) is 11.1 Å². The maximum atomic E-state index is 13.8. The van der Waals surface area contributed by atoms with E-state index in [2.05, 4.69) is 15.9 Å². The first-order chi connectivity index (χ1) is 6.38. The molecular weight excluding hydrogens is 247 g/mol. The molecule has 0 fully saturated rings. The molecule has 3 heteroatoms. The summed E-state index contributed by atoms with van der Waals surface area (Å²) in [5.74, 6) is -0.194. The topological polar surface area (TPSA) is 9.23 Å². The second-order valence-electron chi connectivity index (χ2n) is 3.80. The van der Waals surface area contributed by atoms with Crippen LogP contribution in [0.15, 0.2) is 16.6 Å². The van der Waals surface area contributed by atoms with Crippen molar-refractivity contribution in [2.24, 2.45) is 0 Å². The van der Waals surface area contributed by atoms with Crippen molar-refractivity contribution >= 4 is 15.9 Å². The number of halogens is 2. The number of hydrogen-bond acceptors (Lipinski definition) is 1. The minimum atomic E-state index is -0.599. The van der Waals surface area contributed by atoms with E-state index in [0.717, 1.165) is 4.47 Å². The van der Waals surface area contributed by atoms with Gasteiger partial charge >= 0.3 is 0 Å². The molecule has 0 N–H and O–H groups in total. The predicted molar refractivity (Wildman–Crippen MR) is 58.9 cm³/mol. The molecule has 0 aliphatic carbocycles. The minimum absolute atomic E-state index is 0.194. The van der Waals surface area contributed by atoms with E-state index >= 15 is 0 Å². The van der Waals surface area contributed by atoms with Crippen molar-refractivity contribution in [1.82, 2.24) is 0 Å². The van der Waals surface area contributed by atoms with Crippen molar-refractivity contribution in [3.05, 3.63) is 33.5 Å². The first kappa shape index (κ1) is 11.7. The smallest absolute Gasteiger partial charge is 0.132 e. The molecule has 1 nitrogen and oxygen atoms in total. The summed E-state index contributed by atoms with van der Waals surface area (Å²) < 4.78 is 19.9. The van der Waals surface area contributed by atoms with Crippen LogP contribution in [0.4, 0.5) is 4.39 Å². The second-order valence-corrected chi connectivity index (χ2v) is 4.71. The molecule has 0 spiro atoms. The van der Waals surface area contributed by atoms with Gasteiger partial charge < -0.3 is 4.74 Å². The molecule has 0 atom stereocenters. The quantitative estimate of drug-likeness (QED) is 0.787. The van der Waals surface area contributed by atoms with E-state index in [1.165, 1.54) is 0 Å². The van der Waals surface area contributed by atoms with Crippen molar-refractivity contribution in [3.63, 3.8) is 0 Å². The second kappa shape index (κ2) is 3.99.